The fourth-order valence-corrected chi connectivity index (χ4v) is 2.40. The van der Waals surface area contributed by atoms with Crippen LogP contribution >= 0.6 is 0 Å². The first-order chi connectivity index (χ1) is 9.41. The van der Waals surface area contributed by atoms with Crippen LogP contribution in [0, 0.1) is 0 Å². The van der Waals surface area contributed by atoms with Gasteiger partial charge in [-0.2, -0.15) is 0 Å². The zero-order chi connectivity index (χ0) is 15.0. The molecular formula is C13H21N3O3S. The van der Waals surface area contributed by atoms with E-state index in [1.165, 1.54) is 0 Å². The van der Waals surface area contributed by atoms with Crippen molar-refractivity contribution in [3.63, 3.8) is 0 Å². The maximum atomic E-state index is 11.7. The van der Waals surface area contributed by atoms with Crippen molar-refractivity contribution in [2.24, 2.45) is 0 Å². The largest absolute Gasteiger partial charge is 0.351 e. The van der Waals surface area contributed by atoms with E-state index < -0.39 is 10.0 Å². The van der Waals surface area contributed by atoms with E-state index in [2.05, 4.69) is 10.0 Å². The van der Waals surface area contributed by atoms with Crippen molar-refractivity contribution in [3.05, 3.63) is 35.9 Å². The van der Waals surface area contributed by atoms with Gasteiger partial charge >= 0.3 is 0 Å². The number of nitrogens with zero attached hydrogens (tertiary/aromatic N) is 1. The highest BCUT2D eigenvalue weighted by Gasteiger charge is 2.11. The van der Waals surface area contributed by atoms with Crippen LogP contribution in [0.1, 0.15) is 10.4 Å². The molecule has 2 N–H and O–H groups in total. The number of nitrogens with one attached hydrogen (secondary N) is 2. The zero-order valence-corrected chi connectivity index (χ0v) is 12.6. The lowest BCUT2D eigenvalue weighted by molar-refractivity contribution is 0.0956. The normalized spacial score (nSPS) is 11.6. The number of likely N-dealkylation sites (N-methyl/N-ethyl adjacent to an activating group) is 1. The Morgan fingerprint density at radius 3 is 2.40 bits per heavy atom. The summed E-state index contributed by atoms with van der Waals surface area (Å²) in [6.07, 6.45) is 0. The predicted octanol–water partition coefficient (Wildman–Crippen LogP) is -0.103. The van der Waals surface area contributed by atoms with Crippen LogP contribution in [-0.2, 0) is 10.0 Å². The lowest BCUT2D eigenvalue weighted by Crippen LogP contribution is -2.37. The van der Waals surface area contributed by atoms with Gasteiger partial charge in [0.05, 0.1) is 5.75 Å². The topological polar surface area (TPSA) is 78.5 Å². The van der Waals surface area contributed by atoms with Gasteiger partial charge < -0.3 is 10.2 Å². The first kappa shape index (κ1) is 16.6. The van der Waals surface area contributed by atoms with Crippen molar-refractivity contribution in [1.82, 2.24) is 14.9 Å². The number of benzene rings is 1. The Morgan fingerprint density at radius 2 is 1.80 bits per heavy atom. The molecule has 0 saturated carbocycles. The highest BCUT2D eigenvalue weighted by Crippen LogP contribution is 1.97. The second-order valence-corrected chi connectivity index (χ2v) is 6.56. The van der Waals surface area contributed by atoms with Crippen LogP contribution in [0.5, 0.6) is 0 Å². The van der Waals surface area contributed by atoms with Gasteiger partial charge in [-0.25, -0.2) is 13.1 Å². The van der Waals surface area contributed by atoms with Gasteiger partial charge in [0.1, 0.15) is 0 Å². The summed E-state index contributed by atoms with van der Waals surface area (Å²) in [5, 5.41) is 2.59. The highest BCUT2D eigenvalue weighted by molar-refractivity contribution is 7.89. The monoisotopic (exact) mass is 299 g/mol. The maximum absolute atomic E-state index is 11.7. The number of rotatable bonds is 8. The second kappa shape index (κ2) is 7.98. The fourth-order valence-electron chi connectivity index (χ4n) is 1.49. The van der Waals surface area contributed by atoms with Gasteiger partial charge in [-0.3, -0.25) is 4.79 Å². The van der Waals surface area contributed by atoms with E-state index >= 15 is 0 Å². The Bertz CT molecular complexity index is 515. The summed E-state index contributed by atoms with van der Waals surface area (Å²) in [6, 6.07) is 8.69. The molecule has 1 aromatic rings. The number of hydrogen-bond acceptors (Lipinski definition) is 4. The quantitative estimate of drug-likeness (QED) is 0.702. The highest BCUT2D eigenvalue weighted by atomic mass is 32.2. The lowest BCUT2D eigenvalue weighted by Gasteiger charge is -2.11. The summed E-state index contributed by atoms with van der Waals surface area (Å²) in [5.74, 6) is -0.395. The van der Waals surface area contributed by atoms with Gasteiger partial charge in [0, 0.05) is 25.2 Å². The van der Waals surface area contributed by atoms with E-state index in [9.17, 15) is 13.2 Å². The van der Waals surface area contributed by atoms with E-state index in [-0.39, 0.29) is 18.2 Å². The van der Waals surface area contributed by atoms with Crippen LogP contribution in [0.3, 0.4) is 0 Å². The van der Waals surface area contributed by atoms with Gasteiger partial charge in [-0.15, -0.1) is 0 Å². The van der Waals surface area contributed by atoms with Gasteiger partial charge in [0.25, 0.3) is 5.91 Å². The molecule has 7 heteroatoms. The van der Waals surface area contributed by atoms with Crippen molar-refractivity contribution >= 4 is 15.9 Å². The number of carbonyl (C=O) groups excluding carboxylic acids is 1. The molecule has 0 aliphatic rings. The van der Waals surface area contributed by atoms with Crippen molar-refractivity contribution in [2.75, 3.05) is 39.5 Å². The van der Waals surface area contributed by atoms with Crippen molar-refractivity contribution in [3.8, 4) is 0 Å². The predicted molar refractivity (Wildman–Crippen MR) is 79.1 cm³/mol. The minimum atomic E-state index is -3.35. The van der Waals surface area contributed by atoms with E-state index in [4.69, 9.17) is 0 Å². The smallest absolute Gasteiger partial charge is 0.251 e. The number of sulfonamides is 1. The molecule has 0 radical (unpaired) electrons. The first-order valence-corrected chi connectivity index (χ1v) is 8.01. The van der Waals surface area contributed by atoms with Crippen LogP contribution in [0.15, 0.2) is 30.3 Å². The Labute approximate surface area is 120 Å². The SMILES string of the molecule is CN(C)CCNS(=O)(=O)CCNC(=O)c1ccccc1. The molecule has 1 aromatic carbocycles. The Morgan fingerprint density at radius 1 is 1.15 bits per heavy atom. The van der Waals surface area contributed by atoms with Crippen molar-refractivity contribution < 1.29 is 13.2 Å². The maximum Gasteiger partial charge on any atom is 0.251 e. The van der Waals surface area contributed by atoms with Gasteiger partial charge in [-0.05, 0) is 26.2 Å². The second-order valence-electron chi connectivity index (χ2n) is 4.64. The first-order valence-electron chi connectivity index (χ1n) is 6.36. The summed E-state index contributed by atoms with van der Waals surface area (Å²) >= 11 is 0. The van der Waals surface area contributed by atoms with E-state index in [0.717, 1.165) is 0 Å². The average molecular weight is 299 g/mol. The molecule has 0 atom stereocenters. The van der Waals surface area contributed by atoms with E-state index in [1.807, 2.05) is 25.1 Å². The van der Waals surface area contributed by atoms with Gasteiger partial charge in [-0.1, -0.05) is 18.2 Å². The molecule has 0 aromatic heterocycles. The number of amides is 1. The van der Waals surface area contributed by atoms with Crippen LogP contribution < -0.4 is 10.0 Å². The molecule has 0 aliphatic heterocycles. The minimum absolute atomic E-state index is 0.0883. The van der Waals surface area contributed by atoms with Crippen LogP contribution in [0.4, 0.5) is 0 Å². The molecule has 20 heavy (non-hydrogen) atoms. The molecule has 1 rings (SSSR count). The molecule has 0 saturated heterocycles. The van der Waals surface area contributed by atoms with Crippen LogP contribution in [0.2, 0.25) is 0 Å². The third kappa shape index (κ3) is 6.65. The minimum Gasteiger partial charge on any atom is -0.351 e. The van der Waals surface area contributed by atoms with Crippen LogP contribution in [-0.4, -0.2) is 58.7 Å². The molecule has 0 bridgehead atoms. The van der Waals surface area contributed by atoms with Crippen molar-refractivity contribution in [1.29, 1.82) is 0 Å². The molecule has 0 spiro atoms. The summed E-state index contributed by atoms with van der Waals surface area (Å²) in [5.41, 5.74) is 0.519. The van der Waals surface area contributed by atoms with E-state index in [0.29, 0.717) is 18.7 Å². The molecule has 0 heterocycles. The third-order valence-electron chi connectivity index (χ3n) is 2.57. The van der Waals surface area contributed by atoms with E-state index in [1.54, 1.807) is 24.3 Å². The van der Waals surface area contributed by atoms with Crippen LogP contribution in [0.25, 0.3) is 0 Å². The van der Waals surface area contributed by atoms with Gasteiger partial charge in [0.15, 0.2) is 0 Å². The summed E-state index contributed by atoms with van der Waals surface area (Å²) in [7, 11) is 0.392. The molecule has 112 valence electrons. The Balaban J connectivity index is 2.31. The number of carbonyl (C=O) groups is 1. The molecule has 6 nitrogen and oxygen atoms in total. The summed E-state index contributed by atoms with van der Waals surface area (Å²) in [6.45, 7) is 1.09. The molecular weight excluding hydrogens is 278 g/mol. The fraction of sp³-hybridized carbons (Fsp3) is 0.462. The lowest BCUT2D eigenvalue weighted by atomic mass is 10.2. The third-order valence-corrected chi connectivity index (χ3v) is 3.96. The zero-order valence-electron chi connectivity index (χ0n) is 11.8. The standard InChI is InChI=1S/C13H21N3O3S/c1-16(2)10-8-15-20(18,19)11-9-14-13(17)12-6-4-3-5-7-12/h3-7,15H,8-11H2,1-2H3,(H,14,17). The average Bonchev–Trinajstić information content (AvgIpc) is 2.38. The molecule has 0 aliphatic carbocycles. The number of hydrogen-bond donors (Lipinski definition) is 2. The Hall–Kier alpha value is -1.44. The summed E-state index contributed by atoms with van der Waals surface area (Å²) < 4.78 is 25.8. The summed E-state index contributed by atoms with van der Waals surface area (Å²) in [4.78, 5) is 13.6. The Kier molecular flexibility index (Phi) is 6.63. The van der Waals surface area contributed by atoms with Gasteiger partial charge in [0.2, 0.25) is 10.0 Å². The molecule has 0 unspecified atom stereocenters. The van der Waals surface area contributed by atoms with Crippen molar-refractivity contribution in [2.45, 2.75) is 0 Å². The molecule has 0 fully saturated rings. The molecule has 1 amide bonds.